The third kappa shape index (κ3) is 3.93. The fraction of sp³-hybridized carbons (Fsp3) is 0.316. The minimum atomic E-state index is -0.220. The standard InChI is InChI=1S/C19H22N2/c1-19(2,3)17(14-20)21-18(15-10-6-4-7-11-15)16-12-8-5-9-13-16/h4-13,17-18,21H,1-3H3/t17-/m1/s1. The fourth-order valence-corrected chi connectivity index (χ4v) is 2.32. The van der Waals surface area contributed by atoms with E-state index in [4.69, 9.17) is 0 Å². The zero-order valence-electron chi connectivity index (χ0n) is 12.9. The van der Waals surface area contributed by atoms with Gasteiger partial charge >= 0.3 is 0 Å². The van der Waals surface area contributed by atoms with Crippen LogP contribution in [0.15, 0.2) is 60.7 Å². The van der Waals surface area contributed by atoms with Gasteiger partial charge in [0.1, 0.15) is 6.04 Å². The van der Waals surface area contributed by atoms with Gasteiger partial charge in [-0.2, -0.15) is 5.26 Å². The predicted octanol–water partition coefficient (Wildman–Crippen LogP) is 4.30. The van der Waals surface area contributed by atoms with Gasteiger partial charge in [-0.05, 0) is 16.5 Å². The van der Waals surface area contributed by atoms with Crippen LogP contribution in [0.1, 0.15) is 37.9 Å². The van der Waals surface area contributed by atoms with E-state index in [9.17, 15) is 5.26 Å². The maximum Gasteiger partial charge on any atom is 0.101 e. The van der Waals surface area contributed by atoms with Crippen molar-refractivity contribution in [2.75, 3.05) is 0 Å². The van der Waals surface area contributed by atoms with Gasteiger partial charge in [0.15, 0.2) is 0 Å². The Labute approximate surface area is 127 Å². The van der Waals surface area contributed by atoms with E-state index in [1.54, 1.807) is 0 Å². The van der Waals surface area contributed by atoms with E-state index in [0.717, 1.165) is 0 Å². The first-order valence-corrected chi connectivity index (χ1v) is 7.28. The molecule has 0 aliphatic carbocycles. The Balaban J connectivity index is 2.36. The molecule has 0 saturated carbocycles. The summed E-state index contributed by atoms with van der Waals surface area (Å²) >= 11 is 0. The monoisotopic (exact) mass is 278 g/mol. The molecule has 2 heteroatoms. The van der Waals surface area contributed by atoms with Gasteiger partial charge in [0.25, 0.3) is 0 Å². The Bertz CT molecular complexity index is 551. The molecule has 1 atom stereocenters. The molecular formula is C19H22N2. The Morgan fingerprint density at radius 2 is 1.29 bits per heavy atom. The summed E-state index contributed by atoms with van der Waals surface area (Å²) < 4.78 is 0. The van der Waals surface area contributed by atoms with Crippen LogP contribution >= 0.6 is 0 Å². The number of hydrogen-bond acceptors (Lipinski definition) is 2. The van der Waals surface area contributed by atoms with Crippen LogP contribution < -0.4 is 5.32 Å². The molecule has 0 saturated heterocycles. The third-order valence-electron chi connectivity index (χ3n) is 3.59. The average Bonchev–Trinajstić information content (AvgIpc) is 2.49. The summed E-state index contributed by atoms with van der Waals surface area (Å²) in [5.41, 5.74) is 2.23. The maximum absolute atomic E-state index is 9.49. The number of nitriles is 1. The van der Waals surface area contributed by atoms with Gasteiger partial charge in [-0.25, -0.2) is 0 Å². The van der Waals surface area contributed by atoms with Crippen LogP contribution in [0.25, 0.3) is 0 Å². The highest BCUT2D eigenvalue weighted by atomic mass is 15.0. The lowest BCUT2D eigenvalue weighted by atomic mass is 9.86. The van der Waals surface area contributed by atoms with Crippen LogP contribution in [-0.4, -0.2) is 6.04 Å². The molecule has 108 valence electrons. The summed E-state index contributed by atoms with van der Waals surface area (Å²) in [7, 11) is 0. The molecule has 2 aromatic rings. The van der Waals surface area contributed by atoms with E-state index >= 15 is 0 Å². The van der Waals surface area contributed by atoms with Crippen molar-refractivity contribution < 1.29 is 0 Å². The van der Waals surface area contributed by atoms with E-state index in [-0.39, 0.29) is 17.5 Å². The lowest BCUT2D eigenvalue weighted by Crippen LogP contribution is -2.41. The quantitative estimate of drug-likeness (QED) is 0.905. The molecular weight excluding hydrogens is 256 g/mol. The Morgan fingerprint density at radius 1 is 0.857 bits per heavy atom. The molecule has 0 spiro atoms. The molecule has 0 unspecified atom stereocenters. The molecule has 0 aliphatic heterocycles. The zero-order chi connectivity index (χ0) is 15.3. The van der Waals surface area contributed by atoms with E-state index in [0.29, 0.717) is 0 Å². The first-order chi connectivity index (χ1) is 10.0. The molecule has 0 aliphatic rings. The highest BCUT2D eigenvalue weighted by molar-refractivity contribution is 5.32. The highest BCUT2D eigenvalue weighted by Crippen LogP contribution is 2.27. The fourth-order valence-electron chi connectivity index (χ4n) is 2.32. The van der Waals surface area contributed by atoms with Crippen molar-refractivity contribution in [1.29, 1.82) is 5.26 Å². The number of benzene rings is 2. The molecule has 0 radical (unpaired) electrons. The van der Waals surface area contributed by atoms with Crippen molar-refractivity contribution in [2.24, 2.45) is 5.41 Å². The lowest BCUT2D eigenvalue weighted by Gasteiger charge is -2.30. The second-order valence-corrected chi connectivity index (χ2v) is 6.35. The Morgan fingerprint density at radius 3 is 1.62 bits per heavy atom. The molecule has 21 heavy (non-hydrogen) atoms. The molecule has 0 aromatic heterocycles. The second kappa shape index (κ2) is 6.56. The molecule has 2 nitrogen and oxygen atoms in total. The smallest absolute Gasteiger partial charge is 0.101 e. The van der Waals surface area contributed by atoms with Gasteiger partial charge in [-0.1, -0.05) is 81.4 Å². The van der Waals surface area contributed by atoms with Gasteiger partial charge in [0.05, 0.1) is 12.1 Å². The zero-order valence-corrected chi connectivity index (χ0v) is 12.9. The normalized spacial score (nSPS) is 12.9. The summed E-state index contributed by atoms with van der Waals surface area (Å²) in [6.07, 6.45) is 0. The van der Waals surface area contributed by atoms with E-state index in [2.05, 4.69) is 56.4 Å². The summed E-state index contributed by atoms with van der Waals surface area (Å²) in [6, 6.07) is 22.8. The Hall–Kier alpha value is -2.11. The van der Waals surface area contributed by atoms with Crippen molar-refractivity contribution in [3.05, 3.63) is 71.8 Å². The van der Waals surface area contributed by atoms with Gasteiger partial charge in [-0.15, -0.1) is 0 Å². The van der Waals surface area contributed by atoms with Gasteiger partial charge in [0.2, 0.25) is 0 Å². The molecule has 0 amide bonds. The van der Waals surface area contributed by atoms with Crippen molar-refractivity contribution in [3.8, 4) is 6.07 Å². The summed E-state index contributed by atoms with van der Waals surface area (Å²) in [5.74, 6) is 0. The molecule has 0 fully saturated rings. The predicted molar refractivity (Wildman–Crippen MR) is 86.7 cm³/mol. The van der Waals surface area contributed by atoms with Crippen molar-refractivity contribution in [3.63, 3.8) is 0 Å². The number of nitrogens with one attached hydrogen (secondary N) is 1. The van der Waals surface area contributed by atoms with Crippen molar-refractivity contribution in [2.45, 2.75) is 32.9 Å². The summed E-state index contributed by atoms with van der Waals surface area (Å²) in [5, 5.41) is 13.0. The van der Waals surface area contributed by atoms with Gasteiger partial charge in [0, 0.05) is 0 Å². The first-order valence-electron chi connectivity index (χ1n) is 7.28. The summed E-state index contributed by atoms with van der Waals surface area (Å²) in [6.45, 7) is 6.25. The minimum Gasteiger partial charge on any atom is -0.291 e. The largest absolute Gasteiger partial charge is 0.291 e. The Kier molecular flexibility index (Phi) is 4.77. The maximum atomic E-state index is 9.49. The molecule has 2 rings (SSSR count). The van der Waals surface area contributed by atoms with Crippen LogP contribution in [0.4, 0.5) is 0 Å². The van der Waals surface area contributed by atoms with Crippen molar-refractivity contribution >= 4 is 0 Å². The van der Waals surface area contributed by atoms with Gasteiger partial charge < -0.3 is 0 Å². The van der Waals surface area contributed by atoms with Crippen molar-refractivity contribution in [1.82, 2.24) is 5.32 Å². The van der Waals surface area contributed by atoms with E-state index in [1.807, 2.05) is 36.4 Å². The van der Waals surface area contributed by atoms with Gasteiger partial charge in [-0.3, -0.25) is 5.32 Å². The number of hydrogen-bond donors (Lipinski definition) is 1. The highest BCUT2D eigenvalue weighted by Gasteiger charge is 2.27. The minimum absolute atomic E-state index is 0.0243. The van der Waals surface area contributed by atoms with Crippen LogP contribution in [0.5, 0.6) is 0 Å². The van der Waals surface area contributed by atoms with Crippen LogP contribution in [0.2, 0.25) is 0 Å². The first kappa shape index (κ1) is 15.3. The van der Waals surface area contributed by atoms with E-state index in [1.165, 1.54) is 11.1 Å². The van der Waals surface area contributed by atoms with Crippen LogP contribution in [0, 0.1) is 16.7 Å². The molecule has 1 N–H and O–H groups in total. The number of nitrogens with zero attached hydrogens (tertiary/aromatic N) is 1. The molecule has 0 heterocycles. The average molecular weight is 278 g/mol. The number of rotatable bonds is 4. The lowest BCUT2D eigenvalue weighted by molar-refractivity contribution is 0.306. The van der Waals surface area contributed by atoms with Crippen LogP contribution in [0.3, 0.4) is 0 Å². The topological polar surface area (TPSA) is 35.8 Å². The third-order valence-corrected chi connectivity index (χ3v) is 3.59. The van der Waals surface area contributed by atoms with Crippen LogP contribution in [-0.2, 0) is 0 Å². The second-order valence-electron chi connectivity index (χ2n) is 6.35. The summed E-state index contributed by atoms with van der Waals surface area (Å²) in [4.78, 5) is 0. The van der Waals surface area contributed by atoms with E-state index < -0.39 is 0 Å². The molecule has 2 aromatic carbocycles. The SMILES string of the molecule is CC(C)(C)[C@@H](C#N)NC(c1ccccc1)c1ccccc1. The molecule has 0 bridgehead atoms.